The lowest BCUT2D eigenvalue weighted by Gasteiger charge is -2.26. The van der Waals surface area contributed by atoms with Gasteiger partial charge in [-0.3, -0.25) is 0 Å². The lowest BCUT2D eigenvalue weighted by Crippen LogP contribution is -2.10. The third kappa shape index (κ3) is 7.34. The van der Waals surface area contributed by atoms with E-state index < -0.39 is 0 Å². The van der Waals surface area contributed by atoms with Crippen molar-refractivity contribution in [2.75, 3.05) is 4.90 Å². The van der Waals surface area contributed by atoms with Gasteiger partial charge in [-0.05, 0) is 147 Å². The molecule has 2 aromatic heterocycles. The van der Waals surface area contributed by atoms with Crippen LogP contribution in [0.15, 0.2) is 271 Å². The molecule has 0 bridgehead atoms. The Morgan fingerprint density at radius 2 is 0.667 bits per heavy atom. The minimum Gasteiger partial charge on any atom is -0.456 e. The summed E-state index contributed by atoms with van der Waals surface area (Å²) in [5.41, 5.74) is 20.2. The van der Waals surface area contributed by atoms with E-state index in [-0.39, 0.29) is 0 Å². The van der Waals surface area contributed by atoms with Crippen LogP contribution in [0.1, 0.15) is 0 Å². The number of para-hydroxylation sites is 3. The lowest BCUT2D eigenvalue weighted by atomic mass is 9.98. The maximum atomic E-state index is 6.28. The highest BCUT2D eigenvalue weighted by Gasteiger charge is 2.17. The van der Waals surface area contributed by atoms with Crippen molar-refractivity contribution in [3.8, 4) is 61.3 Å². The minimum absolute atomic E-state index is 0.895. The maximum Gasteiger partial charge on any atom is 0.136 e. The summed E-state index contributed by atoms with van der Waals surface area (Å²) in [5.74, 6) is 0. The summed E-state index contributed by atoms with van der Waals surface area (Å²) in [5, 5.41) is 4.79. The topological polar surface area (TPSA) is 21.3 Å². The predicted molar refractivity (Wildman–Crippen MR) is 290 cm³/mol. The molecule has 0 aliphatic carbocycles. The number of benzene rings is 11. The number of furan rings is 1. The SMILES string of the molecule is c1ccc(-c2cccc(-c3cccc(N(c4ccc(-c5cccc(-c6cccc(-n7c8ccccc8c8ccccc87)c6)c5)cc4)c4ccc(-c5ccc6c(c5)oc5ccccc56)cc4)c3)c2)cc1. The van der Waals surface area contributed by atoms with Crippen molar-refractivity contribution in [3.63, 3.8) is 0 Å². The van der Waals surface area contributed by atoms with Gasteiger partial charge in [-0.2, -0.15) is 0 Å². The van der Waals surface area contributed by atoms with E-state index in [4.69, 9.17) is 4.42 Å². The van der Waals surface area contributed by atoms with E-state index in [0.29, 0.717) is 0 Å². The molecule has 3 heteroatoms. The Labute approximate surface area is 401 Å². The van der Waals surface area contributed by atoms with Crippen LogP contribution in [0.3, 0.4) is 0 Å². The van der Waals surface area contributed by atoms with Gasteiger partial charge in [-0.25, -0.2) is 0 Å². The molecular formula is C66H44N2O. The smallest absolute Gasteiger partial charge is 0.136 e. The normalized spacial score (nSPS) is 11.5. The molecule has 11 aromatic carbocycles. The largest absolute Gasteiger partial charge is 0.456 e. The molecule has 0 spiro atoms. The molecule has 2 heterocycles. The quantitative estimate of drug-likeness (QED) is 0.144. The zero-order valence-corrected chi connectivity index (χ0v) is 37.7. The van der Waals surface area contributed by atoms with E-state index in [1.54, 1.807) is 0 Å². The van der Waals surface area contributed by atoms with Crippen LogP contribution in [-0.4, -0.2) is 4.57 Å². The van der Waals surface area contributed by atoms with Crippen molar-refractivity contribution >= 4 is 60.8 Å². The van der Waals surface area contributed by atoms with Gasteiger partial charge >= 0.3 is 0 Å². The molecule has 0 amide bonds. The van der Waals surface area contributed by atoms with Crippen LogP contribution < -0.4 is 4.90 Å². The molecule has 0 aliphatic heterocycles. The lowest BCUT2D eigenvalue weighted by molar-refractivity contribution is 0.669. The van der Waals surface area contributed by atoms with E-state index in [1.807, 2.05) is 12.1 Å². The van der Waals surface area contributed by atoms with Gasteiger partial charge in [0.05, 0.1) is 11.0 Å². The van der Waals surface area contributed by atoms with Crippen LogP contribution in [0.2, 0.25) is 0 Å². The predicted octanol–water partition coefficient (Wildman–Crippen LogP) is 18.5. The Morgan fingerprint density at radius 1 is 0.246 bits per heavy atom. The third-order valence-corrected chi connectivity index (χ3v) is 13.6. The summed E-state index contributed by atoms with van der Waals surface area (Å²) in [6.45, 7) is 0. The molecule has 0 aliphatic rings. The first-order chi connectivity index (χ1) is 34.2. The van der Waals surface area contributed by atoms with Crippen LogP contribution in [0.4, 0.5) is 17.1 Å². The summed E-state index contributed by atoms with van der Waals surface area (Å²) in [6.07, 6.45) is 0. The molecule has 13 aromatic rings. The number of fused-ring (bicyclic) bond motifs is 6. The fourth-order valence-electron chi connectivity index (χ4n) is 10.2. The molecule has 0 radical (unpaired) electrons. The number of rotatable bonds is 9. The second-order valence-corrected chi connectivity index (χ2v) is 17.7. The van der Waals surface area contributed by atoms with Crippen molar-refractivity contribution in [2.45, 2.75) is 0 Å². The molecule has 0 saturated carbocycles. The zero-order chi connectivity index (χ0) is 45.7. The van der Waals surface area contributed by atoms with E-state index in [2.05, 4.69) is 264 Å². The standard InChI is InChI=1S/C66H44N2O/c1-2-14-45(15-3-1)48-16-10-18-50(40-48)52-20-12-22-57(42-52)67(56-37-32-47(33-38-56)54-34-39-62-61-26-6-9-29-65(61)69-66(62)44-54)55-35-30-46(31-36-55)49-17-11-19-51(41-49)53-21-13-23-58(43-53)68-63-27-7-4-24-59(63)60-25-5-8-28-64(60)68/h1-44H. The summed E-state index contributed by atoms with van der Waals surface area (Å²) in [4.78, 5) is 2.36. The molecule has 324 valence electrons. The highest BCUT2D eigenvalue weighted by molar-refractivity contribution is 6.09. The van der Waals surface area contributed by atoms with Crippen LogP contribution in [0, 0.1) is 0 Å². The molecule has 0 atom stereocenters. The molecule has 0 N–H and O–H groups in total. The first-order valence-corrected chi connectivity index (χ1v) is 23.6. The zero-order valence-electron chi connectivity index (χ0n) is 37.7. The molecule has 3 nitrogen and oxygen atoms in total. The van der Waals surface area contributed by atoms with Crippen molar-refractivity contribution in [1.29, 1.82) is 0 Å². The van der Waals surface area contributed by atoms with Crippen molar-refractivity contribution in [2.24, 2.45) is 0 Å². The van der Waals surface area contributed by atoms with Crippen molar-refractivity contribution in [1.82, 2.24) is 4.57 Å². The molecule has 0 saturated heterocycles. The van der Waals surface area contributed by atoms with E-state index in [1.165, 1.54) is 55.2 Å². The number of anilines is 3. The Kier molecular flexibility index (Phi) is 9.84. The number of hydrogen-bond donors (Lipinski definition) is 0. The van der Waals surface area contributed by atoms with Crippen LogP contribution in [0.5, 0.6) is 0 Å². The van der Waals surface area contributed by atoms with Crippen LogP contribution in [-0.2, 0) is 0 Å². The van der Waals surface area contributed by atoms with Gasteiger partial charge in [0.2, 0.25) is 0 Å². The summed E-state index contributed by atoms with van der Waals surface area (Å²) >= 11 is 0. The van der Waals surface area contributed by atoms with Gasteiger partial charge in [0.25, 0.3) is 0 Å². The van der Waals surface area contributed by atoms with Gasteiger partial charge in [0.1, 0.15) is 11.2 Å². The minimum atomic E-state index is 0.895. The average Bonchev–Trinajstić information content (AvgIpc) is 3.97. The average molecular weight is 881 g/mol. The summed E-state index contributed by atoms with van der Waals surface area (Å²) < 4.78 is 8.66. The second kappa shape index (κ2) is 16.9. The number of aromatic nitrogens is 1. The van der Waals surface area contributed by atoms with Gasteiger partial charge in [0.15, 0.2) is 0 Å². The molecule has 69 heavy (non-hydrogen) atoms. The highest BCUT2D eigenvalue weighted by atomic mass is 16.3. The first-order valence-electron chi connectivity index (χ1n) is 23.6. The van der Waals surface area contributed by atoms with Gasteiger partial charge < -0.3 is 13.9 Å². The highest BCUT2D eigenvalue weighted by Crippen LogP contribution is 2.41. The van der Waals surface area contributed by atoms with Crippen molar-refractivity contribution in [3.05, 3.63) is 267 Å². The molecule has 13 rings (SSSR count). The third-order valence-electron chi connectivity index (χ3n) is 13.6. The maximum absolute atomic E-state index is 6.28. The Bertz CT molecular complexity index is 3960. The molecule has 0 unspecified atom stereocenters. The first kappa shape index (κ1) is 40.1. The molecular weight excluding hydrogens is 837 g/mol. The summed E-state index contributed by atoms with van der Waals surface area (Å²) in [7, 11) is 0. The fourth-order valence-corrected chi connectivity index (χ4v) is 10.2. The van der Waals surface area contributed by atoms with Gasteiger partial charge in [0, 0.05) is 44.3 Å². The Morgan fingerprint density at radius 3 is 1.29 bits per heavy atom. The van der Waals surface area contributed by atoms with E-state index in [9.17, 15) is 0 Å². The number of hydrogen-bond acceptors (Lipinski definition) is 2. The van der Waals surface area contributed by atoms with Gasteiger partial charge in [-0.15, -0.1) is 0 Å². The second-order valence-electron chi connectivity index (χ2n) is 17.7. The van der Waals surface area contributed by atoms with Crippen LogP contribution >= 0.6 is 0 Å². The van der Waals surface area contributed by atoms with Gasteiger partial charge in [-0.1, -0.05) is 176 Å². The molecule has 0 fully saturated rings. The Balaban J connectivity index is 0.855. The Hall–Kier alpha value is -9.18. The van der Waals surface area contributed by atoms with Crippen LogP contribution in [0.25, 0.3) is 105 Å². The van der Waals surface area contributed by atoms with Crippen molar-refractivity contribution < 1.29 is 4.42 Å². The summed E-state index contributed by atoms with van der Waals surface area (Å²) in [6, 6.07) is 96.1. The fraction of sp³-hybridized carbons (Fsp3) is 0. The van der Waals surface area contributed by atoms with E-state index >= 15 is 0 Å². The van der Waals surface area contributed by atoms with E-state index in [0.717, 1.165) is 66.9 Å². The number of nitrogens with zero attached hydrogens (tertiary/aromatic N) is 2. The monoisotopic (exact) mass is 880 g/mol.